The van der Waals surface area contributed by atoms with Crippen molar-refractivity contribution in [2.45, 2.75) is 38.1 Å². The van der Waals surface area contributed by atoms with Crippen LogP contribution in [0.3, 0.4) is 0 Å². The number of rotatable bonds is 2. The molecule has 0 unspecified atom stereocenters. The van der Waals surface area contributed by atoms with Gasteiger partial charge in [0.1, 0.15) is 0 Å². The minimum Gasteiger partial charge on any atom is -0.290 e. The number of anilines is 1. The van der Waals surface area contributed by atoms with Crippen LogP contribution in [0, 0.1) is 0 Å². The van der Waals surface area contributed by atoms with Gasteiger partial charge in [0, 0.05) is 11.7 Å². The number of nitrogens with zero attached hydrogens (tertiary/aromatic N) is 1. The summed E-state index contributed by atoms with van der Waals surface area (Å²) in [5, 5.41) is 0. The summed E-state index contributed by atoms with van der Waals surface area (Å²) in [4.78, 5) is 13.7. The van der Waals surface area contributed by atoms with Crippen LogP contribution in [0.2, 0.25) is 0 Å². The van der Waals surface area contributed by atoms with Crippen molar-refractivity contribution >= 4 is 11.7 Å². The predicted octanol–water partition coefficient (Wildman–Crippen LogP) is 2.41. The quantitative estimate of drug-likeness (QED) is 0.468. The van der Waals surface area contributed by atoms with Crippen molar-refractivity contribution in [3.8, 4) is 0 Å². The van der Waals surface area contributed by atoms with Gasteiger partial charge < -0.3 is 0 Å². The van der Waals surface area contributed by atoms with Crippen molar-refractivity contribution in [3.63, 3.8) is 0 Å². The summed E-state index contributed by atoms with van der Waals surface area (Å²) in [6.45, 7) is 0. The zero-order chi connectivity index (χ0) is 12.1. The highest BCUT2D eigenvalue weighted by atomic mass is 16.2. The van der Waals surface area contributed by atoms with Gasteiger partial charge in [0.25, 0.3) is 0 Å². The molecular weight excluding hydrogens is 214 g/mol. The van der Waals surface area contributed by atoms with E-state index >= 15 is 0 Å². The molecule has 0 aromatic heterocycles. The number of urea groups is 1. The van der Waals surface area contributed by atoms with Crippen LogP contribution < -0.4 is 16.2 Å². The van der Waals surface area contributed by atoms with E-state index in [2.05, 4.69) is 5.43 Å². The molecule has 1 aromatic rings. The Balaban J connectivity index is 2.21. The average Bonchev–Trinajstić information content (AvgIpc) is 2.41. The maximum Gasteiger partial charge on any atom is 0.336 e. The highest BCUT2D eigenvalue weighted by Gasteiger charge is 2.26. The van der Waals surface area contributed by atoms with E-state index in [-0.39, 0.29) is 12.1 Å². The van der Waals surface area contributed by atoms with Crippen molar-refractivity contribution in [1.29, 1.82) is 0 Å². The summed E-state index contributed by atoms with van der Waals surface area (Å²) in [5.74, 6) is 5.28. The molecule has 0 atom stereocenters. The van der Waals surface area contributed by atoms with E-state index in [4.69, 9.17) is 5.84 Å². The maximum absolute atomic E-state index is 11.9. The van der Waals surface area contributed by atoms with Crippen LogP contribution in [0.4, 0.5) is 10.5 Å². The Labute approximate surface area is 102 Å². The standard InChI is InChI=1S/C13H19N3O/c14-15-13(17)16(11-7-3-1-4-8-11)12-9-5-2-6-10-12/h1,3-4,7-8,12H,2,5-6,9-10,14H2,(H,15,17). The summed E-state index contributed by atoms with van der Waals surface area (Å²) in [6.07, 6.45) is 5.76. The Morgan fingerprint density at radius 1 is 1.18 bits per heavy atom. The molecule has 1 aliphatic rings. The third-order valence-corrected chi connectivity index (χ3v) is 3.32. The summed E-state index contributed by atoms with van der Waals surface area (Å²) >= 11 is 0. The van der Waals surface area contributed by atoms with Crippen molar-refractivity contribution in [2.24, 2.45) is 5.84 Å². The normalized spacial score (nSPS) is 16.5. The van der Waals surface area contributed by atoms with E-state index in [1.807, 2.05) is 30.3 Å². The van der Waals surface area contributed by atoms with Crippen LogP contribution in [-0.2, 0) is 0 Å². The molecule has 17 heavy (non-hydrogen) atoms. The first kappa shape index (κ1) is 11.9. The second kappa shape index (κ2) is 5.68. The maximum atomic E-state index is 11.9. The summed E-state index contributed by atoms with van der Waals surface area (Å²) < 4.78 is 0. The smallest absolute Gasteiger partial charge is 0.290 e. The third-order valence-electron chi connectivity index (χ3n) is 3.32. The summed E-state index contributed by atoms with van der Waals surface area (Å²) in [7, 11) is 0. The molecule has 0 spiro atoms. The fraction of sp³-hybridized carbons (Fsp3) is 0.462. The van der Waals surface area contributed by atoms with E-state index in [0.717, 1.165) is 18.5 Å². The lowest BCUT2D eigenvalue weighted by Crippen LogP contribution is -2.49. The molecule has 1 aromatic carbocycles. The van der Waals surface area contributed by atoms with Gasteiger partial charge in [-0.3, -0.25) is 10.3 Å². The monoisotopic (exact) mass is 233 g/mol. The molecule has 0 bridgehead atoms. The molecule has 4 nitrogen and oxygen atoms in total. The molecule has 2 amide bonds. The number of benzene rings is 1. The van der Waals surface area contributed by atoms with Gasteiger partial charge in [0.2, 0.25) is 0 Å². The van der Waals surface area contributed by atoms with Gasteiger partial charge in [0.05, 0.1) is 0 Å². The first-order valence-electron chi connectivity index (χ1n) is 6.18. The highest BCUT2D eigenvalue weighted by molar-refractivity contribution is 5.92. The van der Waals surface area contributed by atoms with E-state index in [0.29, 0.717) is 0 Å². The SMILES string of the molecule is NNC(=O)N(c1ccccc1)C1CCCCC1. The lowest BCUT2D eigenvalue weighted by molar-refractivity contribution is 0.241. The molecule has 1 saturated carbocycles. The minimum atomic E-state index is -0.219. The zero-order valence-corrected chi connectivity index (χ0v) is 9.93. The van der Waals surface area contributed by atoms with Crippen LogP contribution >= 0.6 is 0 Å². The van der Waals surface area contributed by atoms with Gasteiger partial charge in [-0.1, -0.05) is 37.5 Å². The average molecular weight is 233 g/mol. The van der Waals surface area contributed by atoms with Gasteiger partial charge in [0.15, 0.2) is 0 Å². The molecular formula is C13H19N3O. The molecule has 1 aliphatic carbocycles. The topological polar surface area (TPSA) is 58.4 Å². The van der Waals surface area contributed by atoms with Gasteiger partial charge in [-0.25, -0.2) is 10.6 Å². The third kappa shape index (κ3) is 2.77. The first-order chi connectivity index (χ1) is 8.33. The number of carbonyl (C=O) groups is 1. The van der Waals surface area contributed by atoms with E-state index in [1.54, 1.807) is 4.90 Å². The molecule has 2 rings (SSSR count). The highest BCUT2D eigenvalue weighted by Crippen LogP contribution is 2.27. The van der Waals surface area contributed by atoms with Crippen LogP contribution in [0.5, 0.6) is 0 Å². The molecule has 0 saturated heterocycles. The number of carbonyl (C=O) groups excluding carboxylic acids is 1. The van der Waals surface area contributed by atoms with E-state index in [9.17, 15) is 4.79 Å². The van der Waals surface area contributed by atoms with Crippen molar-refractivity contribution in [3.05, 3.63) is 30.3 Å². The molecule has 0 radical (unpaired) electrons. The lowest BCUT2D eigenvalue weighted by Gasteiger charge is -2.33. The van der Waals surface area contributed by atoms with Gasteiger partial charge in [-0.15, -0.1) is 0 Å². The number of nitrogens with two attached hydrogens (primary N) is 1. The van der Waals surface area contributed by atoms with E-state index < -0.39 is 0 Å². The van der Waals surface area contributed by atoms with Gasteiger partial charge in [-0.2, -0.15) is 0 Å². The summed E-state index contributed by atoms with van der Waals surface area (Å²) in [6, 6.07) is 9.78. The van der Waals surface area contributed by atoms with E-state index in [1.165, 1.54) is 19.3 Å². The lowest BCUT2D eigenvalue weighted by atomic mass is 9.94. The number of hydrogen-bond acceptors (Lipinski definition) is 2. The van der Waals surface area contributed by atoms with Crippen LogP contribution in [-0.4, -0.2) is 12.1 Å². The van der Waals surface area contributed by atoms with Crippen LogP contribution in [0.1, 0.15) is 32.1 Å². The molecule has 92 valence electrons. The van der Waals surface area contributed by atoms with Crippen LogP contribution in [0.15, 0.2) is 30.3 Å². The Bertz CT molecular complexity index is 360. The second-order valence-corrected chi connectivity index (χ2v) is 4.45. The van der Waals surface area contributed by atoms with Crippen LogP contribution in [0.25, 0.3) is 0 Å². The molecule has 4 heteroatoms. The number of amides is 2. The number of nitrogens with one attached hydrogen (secondary N) is 1. The first-order valence-corrected chi connectivity index (χ1v) is 6.18. The van der Waals surface area contributed by atoms with Crippen molar-refractivity contribution in [2.75, 3.05) is 4.90 Å². The van der Waals surface area contributed by atoms with Gasteiger partial charge >= 0.3 is 6.03 Å². The Morgan fingerprint density at radius 3 is 2.41 bits per heavy atom. The molecule has 3 N–H and O–H groups in total. The Hall–Kier alpha value is -1.55. The number of hydrazine groups is 1. The Kier molecular flexibility index (Phi) is 3.98. The molecule has 0 heterocycles. The zero-order valence-electron chi connectivity index (χ0n) is 9.93. The van der Waals surface area contributed by atoms with Crippen molar-refractivity contribution < 1.29 is 4.79 Å². The van der Waals surface area contributed by atoms with Gasteiger partial charge in [-0.05, 0) is 25.0 Å². The fourth-order valence-electron chi connectivity index (χ4n) is 2.49. The van der Waals surface area contributed by atoms with Crippen molar-refractivity contribution in [1.82, 2.24) is 5.43 Å². The number of para-hydroxylation sites is 1. The summed E-state index contributed by atoms with van der Waals surface area (Å²) in [5.41, 5.74) is 3.17. The molecule has 1 fully saturated rings. The molecule has 0 aliphatic heterocycles. The second-order valence-electron chi connectivity index (χ2n) is 4.45. The minimum absolute atomic E-state index is 0.219. The number of hydrogen-bond donors (Lipinski definition) is 2. The largest absolute Gasteiger partial charge is 0.336 e. The predicted molar refractivity (Wildman–Crippen MR) is 68.5 cm³/mol. The Morgan fingerprint density at radius 2 is 1.82 bits per heavy atom. The fourth-order valence-corrected chi connectivity index (χ4v) is 2.49.